The Morgan fingerprint density at radius 3 is 2.58 bits per heavy atom. The number of nitrogens with two attached hydrogens (primary N) is 1. The second kappa shape index (κ2) is 5.88. The van der Waals surface area contributed by atoms with Crippen LogP contribution in [-0.4, -0.2) is 41.8 Å². The van der Waals surface area contributed by atoms with Gasteiger partial charge in [0.2, 0.25) is 5.91 Å². The van der Waals surface area contributed by atoms with Crippen molar-refractivity contribution in [2.24, 2.45) is 11.7 Å². The summed E-state index contributed by atoms with van der Waals surface area (Å²) in [7, 11) is 0. The number of hydrogen-bond donors (Lipinski definition) is 3. The topological polar surface area (TPSA) is 102 Å². The largest absolute Gasteiger partial charge is 0.481 e. The molecule has 0 spiro atoms. The van der Waals surface area contributed by atoms with Crippen molar-refractivity contribution in [2.75, 3.05) is 13.2 Å². The number of rotatable bonds is 3. The molecule has 19 heavy (non-hydrogen) atoms. The van der Waals surface area contributed by atoms with Crippen LogP contribution in [0.5, 0.6) is 0 Å². The zero-order chi connectivity index (χ0) is 13.9. The van der Waals surface area contributed by atoms with Crippen LogP contribution in [0, 0.1) is 5.92 Å². The molecule has 2 atom stereocenters. The molecule has 0 bridgehead atoms. The van der Waals surface area contributed by atoms with E-state index in [2.05, 4.69) is 5.32 Å². The van der Waals surface area contributed by atoms with E-state index in [1.807, 2.05) is 0 Å². The molecule has 1 aliphatic carbocycles. The molecular formula is C13H22N2O4. The summed E-state index contributed by atoms with van der Waals surface area (Å²) in [5.74, 6) is -1.28. The third-order valence-electron chi connectivity index (χ3n) is 4.20. The van der Waals surface area contributed by atoms with Crippen LogP contribution < -0.4 is 11.1 Å². The normalized spacial score (nSPS) is 30.6. The lowest BCUT2D eigenvalue weighted by molar-refractivity contribution is -0.143. The first-order valence-electron chi connectivity index (χ1n) is 6.92. The smallest absolute Gasteiger partial charge is 0.306 e. The number of carboxylic acid groups (broad SMARTS) is 1. The highest BCUT2D eigenvalue weighted by Crippen LogP contribution is 2.25. The quantitative estimate of drug-likeness (QED) is 0.682. The Bertz CT molecular complexity index is 353. The standard InChI is InChI=1S/C13H22N2O4/c14-13(4-6-19-7-5-13)12(18)15-10-3-1-2-9(8-10)11(16)17/h9-10H,1-8,14H2,(H,15,18)(H,16,17). The van der Waals surface area contributed by atoms with Gasteiger partial charge in [0.15, 0.2) is 0 Å². The summed E-state index contributed by atoms with van der Waals surface area (Å²) in [6.45, 7) is 1.01. The molecule has 1 saturated heterocycles. The molecule has 2 unspecified atom stereocenters. The van der Waals surface area contributed by atoms with Crippen LogP contribution in [-0.2, 0) is 14.3 Å². The summed E-state index contributed by atoms with van der Waals surface area (Å²) in [5.41, 5.74) is 5.25. The van der Waals surface area contributed by atoms with Gasteiger partial charge in [-0.05, 0) is 32.1 Å². The highest BCUT2D eigenvalue weighted by molar-refractivity contribution is 5.86. The lowest BCUT2D eigenvalue weighted by Gasteiger charge is -2.35. The SMILES string of the molecule is NC1(C(=O)NC2CCCC(C(=O)O)C2)CCOCC1. The molecule has 2 fully saturated rings. The molecular weight excluding hydrogens is 248 g/mol. The van der Waals surface area contributed by atoms with Gasteiger partial charge in [0.1, 0.15) is 0 Å². The highest BCUT2D eigenvalue weighted by atomic mass is 16.5. The lowest BCUT2D eigenvalue weighted by atomic mass is 9.84. The molecule has 0 radical (unpaired) electrons. The molecule has 2 aliphatic rings. The second-order valence-corrected chi connectivity index (χ2v) is 5.64. The maximum absolute atomic E-state index is 12.2. The number of carboxylic acids is 1. The number of ether oxygens (including phenoxy) is 1. The first kappa shape index (κ1) is 14.3. The van der Waals surface area contributed by atoms with E-state index in [0.29, 0.717) is 38.9 Å². The molecule has 0 aromatic heterocycles. The summed E-state index contributed by atoms with van der Waals surface area (Å²) in [4.78, 5) is 23.2. The summed E-state index contributed by atoms with van der Waals surface area (Å²) >= 11 is 0. The van der Waals surface area contributed by atoms with Gasteiger partial charge in [0.05, 0.1) is 11.5 Å². The number of nitrogens with one attached hydrogen (secondary N) is 1. The van der Waals surface area contributed by atoms with E-state index in [1.165, 1.54) is 0 Å². The van der Waals surface area contributed by atoms with E-state index < -0.39 is 11.5 Å². The van der Waals surface area contributed by atoms with Crippen LogP contribution in [0.3, 0.4) is 0 Å². The molecule has 1 heterocycles. The Morgan fingerprint density at radius 1 is 1.26 bits per heavy atom. The molecule has 4 N–H and O–H groups in total. The Hall–Kier alpha value is -1.14. The van der Waals surface area contributed by atoms with Gasteiger partial charge in [-0.15, -0.1) is 0 Å². The molecule has 1 aliphatic heterocycles. The first-order valence-corrected chi connectivity index (χ1v) is 6.92. The zero-order valence-corrected chi connectivity index (χ0v) is 11.1. The van der Waals surface area contributed by atoms with E-state index in [-0.39, 0.29) is 17.9 Å². The fourth-order valence-corrected chi connectivity index (χ4v) is 2.84. The van der Waals surface area contributed by atoms with Gasteiger partial charge < -0.3 is 20.9 Å². The van der Waals surface area contributed by atoms with Crippen molar-refractivity contribution in [1.29, 1.82) is 0 Å². The number of hydrogen-bond acceptors (Lipinski definition) is 4. The maximum Gasteiger partial charge on any atom is 0.306 e. The Morgan fingerprint density at radius 2 is 1.95 bits per heavy atom. The molecule has 1 amide bonds. The third-order valence-corrected chi connectivity index (χ3v) is 4.20. The van der Waals surface area contributed by atoms with Crippen LogP contribution in [0.1, 0.15) is 38.5 Å². The summed E-state index contributed by atoms with van der Waals surface area (Å²) in [6.07, 6.45) is 3.92. The molecule has 1 saturated carbocycles. The Kier molecular flexibility index (Phi) is 4.42. The van der Waals surface area contributed by atoms with Gasteiger partial charge in [-0.3, -0.25) is 9.59 Å². The average molecular weight is 270 g/mol. The molecule has 0 aromatic carbocycles. The number of carbonyl (C=O) groups is 2. The average Bonchev–Trinajstić information content (AvgIpc) is 2.40. The summed E-state index contributed by atoms with van der Waals surface area (Å²) in [6, 6.07) is -0.0642. The van der Waals surface area contributed by atoms with Crippen LogP contribution in [0.2, 0.25) is 0 Å². The van der Waals surface area contributed by atoms with E-state index >= 15 is 0 Å². The van der Waals surface area contributed by atoms with E-state index in [9.17, 15) is 9.59 Å². The van der Waals surface area contributed by atoms with Crippen molar-refractivity contribution in [3.05, 3.63) is 0 Å². The Balaban J connectivity index is 1.89. The molecule has 6 nitrogen and oxygen atoms in total. The summed E-state index contributed by atoms with van der Waals surface area (Å²) < 4.78 is 5.22. The van der Waals surface area contributed by atoms with E-state index in [0.717, 1.165) is 12.8 Å². The number of aliphatic carboxylic acids is 1. The minimum absolute atomic E-state index is 0.0642. The van der Waals surface area contributed by atoms with E-state index in [1.54, 1.807) is 0 Å². The maximum atomic E-state index is 12.2. The van der Waals surface area contributed by atoms with Crippen LogP contribution in [0.25, 0.3) is 0 Å². The van der Waals surface area contributed by atoms with Gasteiger partial charge in [-0.1, -0.05) is 6.42 Å². The van der Waals surface area contributed by atoms with Gasteiger partial charge in [-0.25, -0.2) is 0 Å². The van der Waals surface area contributed by atoms with Crippen LogP contribution >= 0.6 is 0 Å². The van der Waals surface area contributed by atoms with E-state index in [4.69, 9.17) is 15.6 Å². The van der Waals surface area contributed by atoms with Gasteiger partial charge in [-0.2, -0.15) is 0 Å². The second-order valence-electron chi connectivity index (χ2n) is 5.64. The van der Waals surface area contributed by atoms with Crippen molar-refractivity contribution in [1.82, 2.24) is 5.32 Å². The Labute approximate surface area is 112 Å². The predicted molar refractivity (Wildman–Crippen MR) is 68.5 cm³/mol. The van der Waals surface area contributed by atoms with Gasteiger partial charge in [0, 0.05) is 19.3 Å². The van der Waals surface area contributed by atoms with Crippen molar-refractivity contribution in [3.8, 4) is 0 Å². The molecule has 0 aromatic rings. The van der Waals surface area contributed by atoms with Crippen molar-refractivity contribution >= 4 is 11.9 Å². The predicted octanol–water partition coefficient (Wildman–Crippen LogP) is 0.254. The van der Waals surface area contributed by atoms with Gasteiger partial charge in [0.25, 0.3) is 0 Å². The van der Waals surface area contributed by atoms with Crippen molar-refractivity contribution < 1.29 is 19.4 Å². The van der Waals surface area contributed by atoms with Gasteiger partial charge >= 0.3 is 5.97 Å². The fraction of sp³-hybridized carbons (Fsp3) is 0.846. The lowest BCUT2D eigenvalue weighted by Crippen LogP contribution is -2.59. The van der Waals surface area contributed by atoms with Crippen molar-refractivity contribution in [2.45, 2.75) is 50.1 Å². The minimum Gasteiger partial charge on any atom is -0.481 e. The van der Waals surface area contributed by atoms with Crippen LogP contribution in [0.4, 0.5) is 0 Å². The third kappa shape index (κ3) is 3.45. The monoisotopic (exact) mass is 270 g/mol. The first-order chi connectivity index (χ1) is 9.01. The molecule has 6 heteroatoms. The highest BCUT2D eigenvalue weighted by Gasteiger charge is 2.38. The summed E-state index contributed by atoms with van der Waals surface area (Å²) in [5, 5.41) is 12.0. The number of carbonyl (C=O) groups excluding carboxylic acids is 1. The minimum atomic E-state index is -0.853. The molecule has 108 valence electrons. The fourth-order valence-electron chi connectivity index (χ4n) is 2.84. The van der Waals surface area contributed by atoms with Crippen molar-refractivity contribution in [3.63, 3.8) is 0 Å². The number of amides is 1. The molecule has 2 rings (SSSR count). The van der Waals surface area contributed by atoms with Crippen LogP contribution in [0.15, 0.2) is 0 Å². The zero-order valence-electron chi connectivity index (χ0n) is 11.1.